The molecule has 0 aliphatic carbocycles. The molecule has 1 unspecified atom stereocenters. The number of hydrogen-bond donors (Lipinski definition) is 3. The molecule has 5 nitrogen and oxygen atoms in total. The lowest BCUT2D eigenvalue weighted by atomic mass is 10.2. The Hall–Kier alpha value is -2.02. The van der Waals surface area contributed by atoms with Gasteiger partial charge in [-0.25, -0.2) is 13.6 Å². The minimum absolute atomic E-state index is 0.0871. The molecule has 1 aromatic carbocycles. The Morgan fingerprint density at radius 1 is 1.41 bits per heavy atom. The molecule has 0 saturated carbocycles. The molecular weight excluding hydrogens is 234 g/mol. The van der Waals surface area contributed by atoms with E-state index in [2.05, 4.69) is 5.32 Å². The molecule has 0 aliphatic rings. The molecule has 1 aromatic rings. The minimum Gasteiger partial charge on any atom is -0.480 e. The third-order valence-electron chi connectivity index (χ3n) is 2.01. The quantitative estimate of drug-likeness (QED) is 0.649. The number of nitrogens with one attached hydrogen (secondary N) is 1. The molecule has 1 atom stereocenters. The molecule has 1 rings (SSSR count). The summed E-state index contributed by atoms with van der Waals surface area (Å²) in [6.45, 7) is -0.330. The molecule has 7 heteroatoms. The van der Waals surface area contributed by atoms with Gasteiger partial charge < -0.3 is 16.2 Å². The van der Waals surface area contributed by atoms with Crippen LogP contribution in [0.25, 0.3) is 0 Å². The smallest absolute Gasteiger partial charge is 0.330 e. The summed E-state index contributed by atoms with van der Waals surface area (Å²) in [5.41, 5.74) is 4.93. The van der Waals surface area contributed by atoms with Gasteiger partial charge in [-0.15, -0.1) is 0 Å². The highest BCUT2D eigenvalue weighted by molar-refractivity contribution is 6.00. The SMILES string of the molecule is NC(C(=O)O)C(=O)NCc1cc(F)ccc1F. The van der Waals surface area contributed by atoms with E-state index in [0.717, 1.165) is 18.2 Å². The number of rotatable bonds is 4. The van der Waals surface area contributed by atoms with Crippen LogP contribution >= 0.6 is 0 Å². The van der Waals surface area contributed by atoms with E-state index in [1.807, 2.05) is 0 Å². The molecule has 0 spiro atoms. The summed E-state index contributed by atoms with van der Waals surface area (Å²) >= 11 is 0. The fourth-order valence-corrected chi connectivity index (χ4v) is 1.08. The van der Waals surface area contributed by atoms with Crippen molar-refractivity contribution in [2.24, 2.45) is 5.73 Å². The van der Waals surface area contributed by atoms with E-state index < -0.39 is 29.6 Å². The molecule has 4 N–H and O–H groups in total. The van der Waals surface area contributed by atoms with Gasteiger partial charge in [-0.3, -0.25) is 4.79 Å². The number of carbonyl (C=O) groups is 2. The van der Waals surface area contributed by atoms with Crippen LogP contribution in [0.1, 0.15) is 5.56 Å². The van der Waals surface area contributed by atoms with Crippen LogP contribution in [0.2, 0.25) is 0 Å². The van der Waals surface area contributed by atoms with Crippen LogP contribution in [0.4, 0.5) is 8.78 Å². The van der Waals surface area contributed by atoms with Gasteiger partial charge in [-0.2, -0.15) is 0 Å². The second-order valence-corrected chi connectivity index (χ2v) is 3.27. The van der Waals surface area contributed by atoms with Crippen molar-refractivity contribution in [3.05, 3.63) is 35.4 Å². The third-order valence-corrected chi connectivity index (χ3v) is 2.01. The summed E-state index contributed by atoms with van der Waals surface area (Å²) in [5.74, 6) is -3.82. The molecular formula is C10H10F2N2O3. The first-order chi connectivity index (χ1) is 7.91. The minimum atomic E-state index is -1.73. The van der Waals surface area contributed by atoms with E-state index in [9.17, 15) is 18.4 Å². The predicted molar refractivity (Wildman–Crippen MR) is 53.8 cm³/mol. The molecule has 0 aliphatic heterocycles. The van der Waals surface area contributed by atoms with E-state index in [1.165, 1.54) is 0 Å². The van der Waals surface area contributed by atoms with Crippen LogP contribution in [-0.4, -0.2) is 23.0 Å². The highest BCUT2D eigenvalue weighted by atomic mass is 19.1. The molecule has 0 fully saturated rings. The van der Waals surface area contributed by atoms with E-state index in [-0.39, 0.29) is 12.1 Å². The van der Waals surface area contributed by atoms with Crippen molar-refractivity contribution in [3.8, 4) is 0 Å². The highest BCUT2D eigenvalue weighted by Crippen LogP contribution is 2.09. The Morgan fingerprint density at radius 2 is 2.06 bits per heavy atom. The number of amides is 1. The standard InChI is InChI=1S/C10H10F2N2O3/c11-6-1-2-7(12)5(3-6)4-14-9(15)8(13)10(16)17/h1-3,8H,4,13H2,(H,14,15)(H,16,17). The van der Waals surface area contributed by atoms with Gasteiger partial charge in [0.25, 0.3) is 0 Å². The third kappa shape index (κ3) is 3.49. The zero-order valence-electron chi connectivity index (χ0n) is 8.61. The average molecular weight is 244 g/mol. The Bertz CT molecular complexity index is 451. The summed E-state index contributed by atoms with van der Waals surface area (Å²) in [4.78, 5) is 21.5. The monoisotopic (exact) mass is 244 g/mol. The Morgan fingerprint density at radius 3 is 2.65 bits per heavy atom. The largest absolute Gasteiger partial charge is 0.480 e. The predicted octanol–water partition coefficient (Wildman–Crippen LogP) is -0.00710. The van der Waals surface area contributed by atoms with E-state index in [0.29, 0.717) is 0 Å². The van der Waals surface area contributed by atoms with Crippen molar-refractivity contribution < 1.29 is 23.5 Å². The molecule has 0 radical (unpaired) electrons. The molecule has 1 amide bonds. The summed E-state index contributed by atoms with van der Waals surface area (Å²) < 4.78 is 25.9. The van der Waals surface area contributed by atoms with Gasteiger partial charge in [0.2, 0.25) is 5.91 Å². The van der Waals surface area contributed by atoms with Crippen molar-refractivity contribution in [1.29, 1.82) is 0 Å². The van der Waals surface area contributed by atoms with Gasteiger partial charge >= 0.3 is 5.97 Å². The maximum atomic E-state index is 13.1. The number of carbonyl (C=O) groups excluding carboxylic acids is 1. The number of benzene rings is 1. The van der Waals surface area contributed by atoms with Crippen molar-refractivity contribution >= 4 is 11.9 Å². The summed E-state index contributed by atoms with van der Waals surface area (Å²) in [6, 6.07) is 1.02. The molecule has 92 valence electrons. The van der Waals surface area contributed by atoms with Crippen molar-refractivity contribution in [2.45, 2.75) is 12.6 Å². The normalized spacial score (nSPS) is 11.9. The molecule has 0 bridgehead atoms. The van der Waals surface area contributed by atoms with Gasteiger partial charge in [-0.05, 0) is 18.2 Å². The van der Waals surface area contributed by atoms with Crippen LogP contribution < -0.4 is 11.1 Å². The Kier molecular flexibility index (Phi) is 4.11. The summed E-state index contributed by atoms with van der Waals surface area (Å²) in [7, 11) is 0. The van der Waals surface area contributed by atoms with E-state index in [1.54, 1.807) is 0 Å². The summed E-state index contributed by atoms with van der Waals surface area (Å²) in [5, 5.41) is 10.5. The van der Waals surface area contributed by atoms with Gasteiger partial charge in [0.15, 0.2) is 6.04 Å². The highest BCUT2D eigenvalue weighted by Gasteiger charge is 2.20. The lowest BCUT2D eigenvalue weighted by molar-refractivity contribution is -0.142. The van der Waals surface area contributed by atoms with E-state index in [4.69, 9.17) is 10.8 Å². The van der Waals surface area contributed by atoms with Crippen molar-refractivity contribution in [3.63, 3.8) is 0 Å². The molecule has 0 saturated heterocycles. The zero-order valence-corrected chi connectivity index (χ0v) is 8.61. The van der Waals surface area contributed by atoms with Crippen molar-refractivity contribution in [2.75, 3.05) is 0 Å². The van der Waals surface area contributed by atoms with Crippen LogP contribution in [0.3, 0.4) is 0 Å². The lowest BCUT2D eigenvalue weighted by Gasteiger charge is -2.08. The number of carboxylic acid groups (broad SMARTS) is 1. The van der Waals surface area contributed by atoms with Gasteiger partial charge in [0.05, 0.1) is 0 Å². The number of nitrogens with two attached hydrogens (primary N) is 1. The zero-order chi connectivity index (χ0) is 13.0. The fraction of sp³-hybridized carbons (Fsp3) is 0.200. The second-order valence-electron chi connectivity index (χ2n) is 3.27. The van der Waals surface area contributed by atoms with E-state index >= 15 is 0 Å². The number of halogens is 2. The van der Waals surface area contributed by atoms with Crippen molar-refractivity contribution in [1.82, 2.24) is 5.32 Å². The number of carboxylic acids is 1. The average Bonchev–Trinajstić information content (AvgIpc) is 2.28. The van der Waals surface area contributed by atoms with Crippen LogP contribution in [0.15, 0.2) is 18.2 Å². The Labute approximate surface area is 95.2 Å². The van der Waals surface area contributed by atoms with Gasteiger partial charge in [0, 0.05) is 12.1 Å². The number of hydrogen-bond acceptors (Lipinski definition) is 3. The lowest BCUT2D eigenvalue weighted by Crippen LogP contribution is -2.45. The number of aliphatic carboxylic acids is 1. The van der Waals surface area contributed by atoms with Gasteiger partial charge in [0.1, 0.15) is 11.6 Å². The fourth-order valence-electron chi connectivity index (χ4n) is 1.08. The summed E-state index contributed by atoms with van der Waals surface area (Å²) in [6.07, 6.45) is 0. The first kappa shape index (κ1) is 13.0. The second kappa shape index (κ2) is 5.35. The molecule has 0 heterocycles. The molecule has 0 aromatic heterocycles. The van der Waals surface area contributed by atoms with Gasteiger partial charge in [-0.1, -0.05) is 0 Å². The molecule has 17 heavy (non-hydrogen) atoms. The first-order valence-corrected chi connectivity index (χ1v) is 4.62. The topological polar surface area (TPSA) is 92.4 Å². The maximum absolute atomic E-state index is 13.1. The van der Waals surface area contributed by atoms with Crippen LogP contribution in [-0.2, 0) is 16.1 Å². The van der Waals surface area contributed by atoms with Crippen LogP contribution in [0.5, 0.6) is 0 Å². The first-order valence-electron chi connectivity index (χ1n) is 4.62. The Balaban J connectivity index is 2.64. The van der Waals surface area contributed by atoms with Crippen LogP contribution in [0, 0.1) is 11.6 Å². The maximum Gasteiger partial charge on any atom is 0.330 e.